The molecule has 1 aromatic rings. The predicted molar refractivity (Wildman–Crippen MR) is 89.6 cm³/mol. The summed E-state index contributed by atoms with van der Waals surface area (Å²) in [6.07, 6.45) is 1.60. The number of amides is 1. The molecule has 0 aliphatic carbocycles. The van der Waals surface area contributed by atoms with Gasteiger partial charge in [0.05, 0.1) is 18.3 Å². The number of hydrogen-bond acceptors (Lipinski definition) is 5. The normalized spacial score (nSPS) is 16.9. The second-order valence-electron chi connectivity index (χ2n) is 5.65. The Bertz CT molecular complexity index is 554. The topological polar surface area (TPSA) is 75.9 Å². The van der Waals surface area contributed by atoms with Gasteiger partial charge < -0.3 is 15.4 Å². The van der Waals surface area contributed by atoms with Gasteiger partial charge in [0.25, 0.3) is 0 Å². The van der Waals surface area contributed by atoms with Crippen molar-refractivity contribution in [3.8, 4) is 5.75 Å². The van der Waals surface area contributed by atoms with Crippen LogP contribution in [0.4, 0.5) is 5.69 Å². The molecule has 0 spiro atoms. The summed E-state index contributed by atoms with van der Waals surface area (Å²) >= 11 is 0. The van der Waals surface area contributed by atoms with Crippen LogP contribution in [0.2, 0.25) is 0 Å². The van der Waals surface area contributed by atoms with E-state index in [1.165, 1.54) is 0 Å². The van der Waals surface area contributed by atoms with Crippen LogP contribution >= 0.6 is 0 Å². The number of Topliss-reactive ketones (excluding diaryl/α,β-unsaturated/α-hetero) is 1. The van der Waals surface area contributed by atoms with Gasteiger partial charge in [-0.1, -0.05) is 6.92 Å². The Morgan fingerprint density at radius 1 is 1.30 bits per heavy atom. The molecule has 2 rings (SSSR count). The standard InChI is InChI=1S/C17H25N3O3/c1-3-15(20-9-7-19(12-21)8-10-20)17(22)13-5-6-16(23-4-2)14(18)11-13/h5-6,11-12,15H,3-4,7-10,18H2,1-2H3. The minimum Gasteiger partial charge on any atom is -0.492 e. The van der Waals surface area contributed by atoms with Crippen molar-refractivity contribution in [2.45, 2.75) is 26.3 Å². The molecule has 2 N–H and O–H groups in total. The smallest absolute Gasteiger partial charge is 0.209 e. The summed E-state index contributed by atoms with van der Waals surface area (Å²) in [6.45, 7) is 7.20. The van der Waals surface area contributed by atoms with Crippen LogP contribution in [-0.4, -0.2) is 60.8 Å². The Labute approximate surface area is 137 Å². The zero-order valence-corrected chi connectivity index (χ0v) is 13.8. The van der Waals surface area contributed by atoms with E-state index < -0.39 is 0 Å². The summed E-state index contributed by atoms with van der Waals surface area (Å²) in [5.41, 5.74) is 7.06. The number of ketones is 1. The molecule has 1 heterocycles. The third-order valence-corrected chi connectivity index (χ3v) is 4.22. The Morgan fingerprint density at radius 3 is 2.52 bits per heavy atom. The average molecular weight is 319 g/mol. The van der Waals surface area contributed by atoms with Gasteiger partial charge in [0.1, 0.15) is 5.75 Å². The molecule has 1 aromatic carbocycles. The molecule has 0 radical (unpaired) electrons. The summed E-state index contributed by atoms with van der Waals surface area (Å²) in [7, 11) is 0. The van der Waals surface area contributed by atoms with Gasteiger partial charge in [0.15, 0.2) is 5.78 Å². The number of piperazine rings is 1. The molecule has 1 amide bonds. The first-order valence-corrected chi connectivity index (χ1v) is 8.10. The Morgan fingerprint density at radius 2 is 2.00 bits per heavy atom. The van der Waals surface area contributed by atoms with Crippen LogP contribution < -0.4 is 10.5 Å². The number of anilines is 1. The van der Waals surface area contributed by atoms with Crippen molar-refractivity contribution in [2.75, 3.05) is 38.5 Å². The average Bonchev–Trinajstić information content (AvgIpc) is 2.58. The van der Waals surface area contributed by atoms with Gasteiger partial charge in [-0.05, 0) is 31.5 Å². The van der Waals surface area contributed by atoms with Crippen LogP contribution in [0.25, 0.3) is 0 Å². The molecule has 6 nitrogen and oxygen atoms in total. The largest absolute Gasteiger partial charge is 0.492 e. The van der Waals surface area contributed by atoms with E-state index in [0.29, 0.717) is 36.7 Å². The lowest BCUT2D eigenvalue weighted by Gasteiger charge is -2.37. The summed E-state index contributed by atoms with van der Waals surface area (Å²) in [5, 5.41) is 0. The van der Waals surface area contributed by atoms with Gasteiger partial charge >= 0.3 is 0 Å². The van der Waals surface area contributed by atoms with Crippen LogP contribution in [-0.2, 0) is 4.79 Å². The summed E-state index contributed by atoms with van der Waals surface area (Å²) in [6, 6.07) is 5.04. The number of ether oxygens (including phenoxy) is 1. The second-order valence-corrected chi connectivity index (χ2v) is 5.65. The maximum absolute atomic E-state index is 12.8. The molecule has 0 aromatic heterocycles. The van der Waals surface area contributed by atoms with Crippen LogP contribution in [0, 0.1) is 0 Å². The van der Waals surface area contributed by atoms with Crippen molar-refractivity contribution in [1.29, 1.82) is 0 Å². The number of nitrogens with zero attached hydrogens (tertiary/aromatic N) is 2. The highest BCUT2D eigenvalue weighted by Crippen LogP contribution is 2.24. The maximum atomic E-state index is 12.8. The Hall–Kier alpha value is -2.08. The zero-order chi connectivity index (χ0) is 16.8. The predicted octanol–water partition coefficient (Wildman–Crippen LogP) is 1.40. The fourth-order valence-electron chi connectivity index (χ4n) is 2.94. The van der Waals surface area contributed by atoms with Crippen molar-refractivity contribution < 1.29 is 14.3 Å². The molecule has 23 heavy (non-hydrogen) atoms. The molecule has 126 valence electrons. The minimum atomic E-state index is -0.179. The van der Waals surface area contributed by atoms with Crippen molar-refractivity contribution in [1.82, 2.24) is 9.80 Å². The highest BCUT2D eigenvalue weighted by Gasteiger charge is 2.28. The number of carbonyl (C=O) groups is 2. The number of nitrogen functional groups attached to an aromatic ring is 1. The molecule has 6 heteroatoms. The lowest BCUT2D eigenvalue weighted by atomic mass is 9.99. The third kappa shape index (κ3) is 4.01. The van der Waals surface area contributed by atoms with Crippen LogP contribution in [0.1, 0.15) is 30.6 Å². The maximum Gasteiger partial charge on any atom is 0.209 e. The van der Waals surface area contributed by atoms with Gasteiger partial charge in [-0.3, -0.25) is 14.5 Å². The fraction of sp³-hybridized carbons (Fsp3) is 0.529. The minimum absolute atomic E-state index is 0.0711. The first-order chi connectivity index (χ1) is 11.1. The molecule has 1 aliphatic heterocycles. The van der Waals surface area contributed by atoms with Gasteiger partial charge in [-0.15, -0.1) is 0 Å². The van der Waals surface area contributed by atoms with Crippen LogP contribution in [0.15, 0.2) is 18.2 Å². The van der Waals surface area contributed by atoms with Gasteiger partial charge in [-0.25, -0.2) is 0 Å². The Kier molecular flexibility index (Phi) is 5.98. The SMILES string of the molecule is CCOc1ccc(C(=O)C(CC)N2CCN(C=O)CC2)cc1N. The molecular weight excluding hydrogens is 294 g/mol. The number of carbonyl (C=O) groups excluding carboxylic acids is 2. The molecule has 1 unspecified atom stereocenters. The molecule has 1 fully saturated rings. The lowest BCUT2D eigenvalue weighted by Crippen LogP contribution is -2.52. The molecular formula is C17H25N3O3. The highest BCUT2D eigenvalue weighted by molar-refractivity contribution is 6.01. The van der Waals surface area contributed by atoms with Crippen molar-refractivity contribution >= 4 is 17.9 Å². The lowest BCUT2D eigenvalue weighted by molar-refractivity contribution is -0.119. The van der Waals surface area contributed by atoms with Gasteiger partial charge in [-0.2, -0.15) is 0 Å². The van der Waals surface area contributed by atoms with Crippen LogP contribution in [0.3, 0.4) is 0 Å². The Balaban J connectivity index is 2.10. The number of nitrogens with two attached hydrogens (primary N) is 1. The highest BCUT2D eigenvalue weighted by atomic mass is 16.5. The van der Waals surface area contributed by atoms with Crippen molar-refractivity contribution in [2.24, 2.45) is 0 Å². The first kappa shape index (κ1) is 17.3. The third-order valence-electron chi connectivity index (χ3n) is 4.22. The van der Waals surface area contributed by atoms with E-state index in [1.807, 2.05) is 13.8 Å². The van der Waals surface area contributed by atoms with Crippen molar-refractivity contribution in [3.63, 3.8) is 0 Å². The van der Waals surface area contributed by atoms with E-state index in [2.05, 4.69) is 4.90 Å². The van der Waals surface area contributed by atoms with E-state index in [-0.39, 0.29) is 11.8 Å². The molecule has 1 atom stereocenters. The van der Waals surface area contributed by atoms with E-state index in [1.54, 1.807) is 23.1 Å². The number of hydrogen-bond donors (Lipinski definition) is 1. The number of benzene rings is 1. The molecule has 0 saturated carbocycles. The van der Waals surface area contributed by atoms with Gasteiger partial charge in [0.2, 0.25) is 6.41 Å². The summed E-state index contributed by atoms with van der Waals surface area (Å²) < 4.78 is 5.41. The molecule has 0 bridgehead atoms. The van der Waals surface area contributed by atoms with E-state index in [9.17, 15) is 9.59 Å². The van der Waals surface area contributed by atoms with E-state index >= 15 is 0 Å². The monoisotopic (exact) mass is 319 g/mol. The van der Waals surface area contributed by atoms with Crippen LogP contribution in [0.5, 0.6) is 5.75 Å². The summed E-state index contributed by atoms with van der Waals surface area (Å²) in [4.78, 5) is 27.5. The first-order valence-electron chi connectivity index (χ1n) is 8.10. The van der Waals surface area contributed by atoms with E-state index in [4.69, 9.17) is 10.5 Å². The van der Waals surface area contributed by atoms with Gasteiger partial charge in [0, 0.05) is 31.7 Å². The quantitative estimate of drug-likeness (QED) is 0.467. The fourth-order valence-corrected chi connectivity index (χ4v) is 2.94. The van der Waals surface area contributed by atoms with E-state index in [0.717, 1.165) is 25.9 Å². The second kappa shape index (κ2) is 7.97. The number of rotatable bonds is 7. The van der Waals surface area contributed by atoms with Crippen molar-refractivity contribution in [3.05, 3.63) is 23.8 Å². The zero-order valence-electron chi connectivity index (χ0n) is 13.8. The molecule has 1 aliphatic rings. The summed E-state index contributed by atoms with van der Waals surface area (Å²) in [5.74, 6) is 0.679. The molecule has 1 saturated heterocycles.